The van der Waals surface area contributed by atoms with Gasteiger partial charge < -0.3 is 14.2 Å². The second-order valence-corrected chi connectivity index (χ2v) is 5.54. The van der Waals surface area contributed by atoms with Gasteiger partial charge in [-0.2, -0.15) is 0 Å². The second-order valence-electron chi connectivity index (χ2n) is 5.16. The molecular weight excluding hydrogens is 332 g/mol. The average Bonchev–Trinajstić information content (AvgIpc) is 2.62. The van der Waals surface area contributed by atoms with E-state index in [1.165, 1.54) is 0 Å². The predicted molar refractivity (Wildman–Crippen MR) is 92.6 cm³/mol. The van der Waals surface area contributed by atoms with E-state index < -0.39 is 11.8 Å². The quantitative estimate of drug-likeness (QED) is 0.168. The van der Waals surface area contributed by atoms with Gasteiger partial charge in [0.25, 0.3) is 5.78 Å². The molecule has 0 aliphatic carbocycles. The van der Waals surface area contributed by atoms with E-state index in [4.69, 9.17) is 25.8 Å². The zero-order valence-electron chi connectivity index (χ0n) is 13.9. The summed E-state index contributed by atoms with van der Waals surface area (Å²) in [7, 11) is 0. The number of halogens is 1. The second kappa shape index (κ2) is 14.0. The fourth-order valence-electron chi connectivity index (χ4n) is 1.94. The maximum absolute atomic E-state index is 11.7. The number of alkyl halides is 1. The molecule has 0 saturated heterocycles. The van der Waals surface area contributed by atoms with E-state index in [9.17, 15) is 9.59 Å². The number of rotatable bonds is 14. The molecule has 1 aromatic carbocycles. The molecule has 0 N–H and O–H groups in total. The van der Waals surface area contributed by atoms with Crippen molar-refractivity contribution in [1.29, 1.82) is 0 Å². The molecule has 0 saturated carbocycles. The molecule has 0 fully saturated rings. The smallest absolute Gasteiger partial charge is 0.379 e. The van der Waals surface area contributed by atoms with E-state index in [2.05, 4.69) is 0 Å². The summed E-state index contributed by atoms with van der Waals surface area (Å²) in [6.07, 6.45) is 4.33. The summed E-state index contributed by atoms with van der Waals surface area (Å²) in [6.45, 7) is 1.95. The summed E-state index contributed by atoms with van der Waals surface area (Å²) < 4.78 is 15.6. The molecule has 0 amide bonds. The van der Waals surface area contributed by atoms with Gasteiger partial charge >= 0.3 is 5.97 Å². The first kappa shape index (κ1) is 20.6. The highest BCUT2D eigenvalue weighted by atomic mass is 35.5. The first-order chi connectivity index (χ1) is 11.8. The van der Waals surface area contributed by atoms with Crippen LogP contribution >= 0.6 is 11.6 Å². The monoisotopic (exact) mass is 356 g/mol. The van der Waals surface area contributed by atoms with Crippen LogP contribution in [0.3, 0.4) is 0 Å². The number of carbonyl (C=O) groups excluding carboxylic acids is 2. The Bertz CT molecular complexity index is 464. The lowest BCUT2D eigenvalue weighted by atomic mass is 10.1. The molecule has 0 heterocycles. The van der Waals surface area contributed by atoms with Crippen LogP contribution in [0.5, 0.6) is 0 Å². The van der Waals surface area contributed by atoms with Crippen LogP contribution in [0.15, 0.2) is 30.3 Å². The highest BCUT2D eigenvalue weighted by Crippen LogP contribution is 2.02. The molecule has 0 radical (unpaired) electrons. The van der Waals surface area contributed by atoms with Crippen LogP contribution in [0.1, 0.15) is 36.0 Å². The molecule has 0 atom stereocenters. The van der Waals surface area contributed by atoms with Crippen molar-refractivity contribution in [1.82, 2.24) is 0 Å². The SMILES string of the molecule is O=C(OCCOCCOCCCCCCCl)C(=O)c1ccccc1. The van der Waals surface area contributed by atoms with Crippen molar-refractivity contribution in [3.05, 3.63) is 35.9 Å². The number of benzene rings is 1. The minimum Gasteiger partial charge on any atom is -0.457 e. The molecule has 134 valence electrons. The van der Waals surface area contributed by atoms with E-state index in [1.807, 2.05) is 0 Å². The lowest BCUT2D eigenvalue weighted by Crippen LogP contribution is -2.20. The van der Waals surface area contributed by atoms with Crippen molar-refractivity contribution >= 4 is 23.4 Å². The molecule has 0 spiro atoms. The fourth-order valence-corrected chi connectivity index (χ4v) is 2.13. The van der Waals surface area contributed by atoms with Gasteiger partial charge in [0.15, 0.2) is 0 Å². The van der Waals surface area contributed by atoms with E-state index >= 15 is 0 Å². The maximum Gasteiger partial charge on any atom is 0.379 e. The van der Waals surface area contributed by atoms with Crippen LogP contribution in [-0.4, -0.2) is 50.7 Å². The molecule has 5 nitrogen and oxygen atoms in total. The molecule has 0 aliphatic heterocycles. The van der Waals surface area contributed by atoms with E-state index in [1.54, 1.807) is 30.3 Å². The standard InChI is InChI=1S/C18H25ClO5/c19-10-6-1-2-7-11-22-12-13-23-14-15-24-18(21)17(20)16-8-4-3-5-9-16/h3-5,8-9H,1-2,6-7,10-15H2. The Labute approximate surface area is 148 Å². The van der Waals surface area contributed by atoms with Crippen LogP contribution in [-0.2, 0) is 19.0 Å². The highest BCUT2D eigenvalue weighted by Gasteiger charge is 2.16. The van der Waals surface area contributed by atoms with Gasteiger partial charge in [-0.3, -0.25) is 4.79 Å². The van der Waals surface area contributed by atoms with Gasteiger partial charge in [0, 0.05) is 18.1 Å². The van der Waals surface area contributed by atoms with Crippen LogP contribution in [0.4, 0.5) is 0 Å². The third-order valence-corrected chi connectivity index (χ3v) is 3.49. The van der Waals surface area contributed by atoms with Crippen molar-refractivity contribution in [2.75, 3.05) is 38.9 Å². The number of esters is 1. The lowest BCUT2D eigenvalue weighted by Gasteiger charge is -2.07. The minimum absolute atomic E-state index is 0.0514. The van der Waals surface area contributed by atoms with Crippen LogP contribution < -0.4 is 0 Å². The Morgan fingerprint density at radius 1 is 0.792 bits per heavy atom. The largest absolute Gasteiger partial charge is 0.457 e. The number of ether oxygens (including phenoxy) is 3. The number of Topliss-reactive ketones (excluding diaryl/α,β-unsaturated/α-hetero) is 1. The van der Waals surface area contributed by atoms with Crippen LogP contribution in [0.2, 0.25) is 0 Å². The van der Waals surface area contributed by atoms with Gasteiger partial charge in [0.05, 0.1) is 19.8 Å². The third-order valence-electron chi connectivity index (χ3n) is 3.23. The van der Waals surface area contributed by atoms with Gasteiger partial charge in [-0.1, -0.05) is 43.2 Å². The van der Waals surface area contributed by atoms with Crippen LogP contribution in [0.25, 0.3) is 0 Å². The molecule has 0 unspecified atom stereocenters. The normalized spacial score (nSPS) is 10.5. The average molecular weight is 357 g/mol. The first-order valence-corrected chi connectivity index (χ1v) is 8.77. The lowest BCUT2D eigenvalue weighted by molar-refractivity contribution is -0.139. The van der Waals surface area contributed by atoms with E-state index in [0.29, 0.717) is 25.4 Å². The summed E-state index contributed by atoms with van der Waals surface area (Å²) in [4.78, 5) is 23.3. The van der Waals surface area contributed by atoms with Crippen molar-refractivity contribution in [3.63, 3.8) is 0 Å². The van der Waals surface area contributed by atoms with Gasteiger partial charge in [0.2, 0.25) is 0 Å². The molecule has 1 rings (SSSR count). The Morgan fingerprint density at radius 3 is 2.12 bits per heavy atom. The summed E-state index contributed by atoms with van der Waals surface area (Å²) in [6, 6.07) is 8.32. The molecule has 24 heavy (non-hydrogen) atoms. The number of carbonyl (C=O) groups is 2. The summed E-state index contributed by atoms with van der Waals surface area (Å²) >= 11 is 5.59. The number of hydrogen-bond acceptors (Lipinski definition) is 5. The molecule has 0 aromatic heterocycles. The molecule has 0 bridgehead atoms. The maximum atomic E-state index is 11.7. The van der Waals surface area contributed by atoms with Crippen molar-refractivity contribution in [2.45, 2.75) is 25.7 Å². The molecule has 6 heteroatoms. The molecule has 1 aromatic rings. The van der Waals surface area contributed by atoms with Gasteiger partial charge in [-0.15, -0.1) is 11.6 Å². The summed E-state index contributed by atoms with van der Waals surface area (Å²) in [5.74, 6) is -0.790. The Hall–Kier alpha value is -1.43. The summed E-state index contributed by atoms with van der Waals surface area (Å²) in [5.41, 5.74) is 0.322. The Balaban J connectivity index is 1.93. The zero-order valence-corrected chi connectivity index (χ0v) is 14.6. The van der Waals surface area contributed by atoms with Crippen molar-refractivity contribution in [2.24, 2.45) is 0 Å². The van der Waals surface area contributed by atoms with Crippen LogP contribution in [0, 0.1) is 0 Å². The number of ketones is 1. The zero-order chi connectivity index (χ0) is 17.5. The number of hydrogen-bond donors (Lipinski definition) is 0. The fraction of sp³-hybridized carbons (Fsp3) is 0.556. The van der Waals surface area contributed by atoms with Gasteiger partial charge in [0.1, 0.15) is 6.61 Å². The Kier molecular flexibility index (Phi) is 12.0. The van der Waals surface area contributed by atoms with Crippen molar-refractivity contribution < 1.29 is 23.8 Å². The minimum atomic E-state index is -0.863. The highest BCUT2D eigenvalue weighted by molar-refractivity contribution is 6.40. The van der Waals surface area contributed by atoms with Gasteiger partial charge in [-0.25, -0.2) is 4.79 Å². The van der Waals surface area contributed by atoms with Gasteiger partial charge in [-0.05, 0) is 12.8 Å². The third kappa shape index (κ3) is 9.65. The first-order valence-electron chi connectivity index (χ1n) is 8.23. The van der Waals surface area contributed by atoms with Crippen molar-refractivity contribution in [3.8, 4) is 0 Å². The summed E-state index contributed by atoms with van der Waals surface area (Å²) in [5, 5.41) is 0. The predicted octanol–water partition coefficient (Wildman–Crippen LogP) is 3.24. The Morgan fingerprint density at radius 2 is 1.42 bits per heavy atom. The number of unbranched alkanes of at least 4 members (excludes halogenated alkanes) is 3. The molecule has 0 aliphatic rings. The topological polar surface area (TPSA) is 61.8 Å². The van der Waals surface area contributed by atoms with E-state index in [0.717, 1.165) is 31.6 Å². The van der Waals surface area contributed by atoms with E-state index in [-0.39, 0.29) is 13.2 Å². The molecular formula is C18H25ClO5.